The predicted octanol–water partition coefficient (Wildman–Crippen LogP) is 3.11. The summed E-state index contributed by atoms with van der Waals surface area (Å²) in [6.07, 6.45) is 4.24. The van der Waals surface area contributed by atoms with Crippen LogP contribution in [0, 0.1) is 5.41 Å². The summed E-state index contributed by atoms with van der Waals surface area (Å²) < 4.78 is 23.9. The number of guanidine groups is 1. The molecule has 0 amide bonds. The molecule has 146 valence electrons. The van der Waals surface area contributed by atoms with E-state index in [1.165, 1.54) is 24.7 Å². The molecule has 1 aromatic rings. The van der Waals surface area contributed by atoms with Crippen LogP contribution in [-0.4, -0.2) is 46.5 Å². The fraction of sp³-hybridized carbons (Fsp3) is 0.632. The summed E-state index contributed by atoms with van der Waals surface area (Å²) in [5.41, 5.74) is 1.39. The van der Waals surface area contributed by atoms with Crippen molar-refractivity contribution in [2.75, 3.05) is 32.1 Å². The molecule has 0 aromatic heterocycles. The van der Waals surface area contributed by atoms with Gasteiger partial charge in [0.1, 0.15) is 9.84 Å². The van der Waals surface area contributed by atoms with Gasteiger partial charge in [0.2, 0.25) is 0 Å². The van der Waals surface area contributed by atoms with E-state index in [2.05, 4.69) is 63.6 Å². The smallest absolute Gasteiger partial charge is 0.191 e. The normalized spacial score (nSPS) is 17.0. The SMILES string of the molecule is CN=C(NCC(C)(C)CCS(C)(=O)=O)NCC1(c2ccccc2Br)CC1. The third-order valence-corrected chi connectivity index (χ3v) is 6.64. The van der Waals surface area contributed by atoms with Crippen LogP contribution in [0.4, 0.5) is 0 Å². The first-order valence-electron chi connectivity index (χ1n) is 8.94. The summed E-state index contributed by atoms with van der Waals surface area (Å²) in [7, 11) is -1.17. The van der Waals surface area contributed by atoms with Crippen LogP contribution in [0.3, 0.4) is 0 Å². The van der Waals surface area contributed by atoms with Crippen LogP contribution in [-0.2, 0) is 15.3 Å². The second-order valence-corrected chi connectivity index (χ2v) is 11.2. The fourth-order valence-corrected chi connectivity index (χ4v) is 4.56. The molecule has 0 atom stereocenters. The number of aliphatic imine (C=N–C) groups is 1. The molecule has 0 aliphatic heterocycles. The Morgan fingerprint density at radius 2 is 1.92 bits per heavy atom. The minimum atomic E-state index is -2.94. The highest BCUT2D eigenvalue weighted by molar-refractivity contribution is 9.10. The Morgan fingerprint density at radius 3 is 2.46 bits per heavy atom. The summed E-state index contributed by atoms with van der Waals surface area (Å²) >= 11 is 3.66. The molecule has 26 heavy (non-hydrogen) atoms. The Kier molecular flexibility index (Phi) is 6.77. The van der Waals surface area contributed by atoms with E-state index in [4.69, 9.17) is 0 Å². The standard InChI is InChI=1S/C19H30BrN3O2S/c1-18(2,11-12-26(4,24)25)13-22-17(21-3)23-14-19(9-10-19)15-7-5-6-8-16(15)20/h5-8H,9-14H2,1-4H3,(H2,21,22,23). The van der Waals surface area contributed by atoms with Gasteiger partial charge in [-0.05, 0) is 36.3 Å². The minimum Gasteiger partial charge on any atom is -0.356 e. The molecule has 0 bridgehead atoms. The molecule has 5 nitrogen and oxygen atoms in total. The molecule has 0 unspecified atom stereocenters. The number of benzene rings is 1. The van der Waals surface area contributed by atoms with E-state index in [0.717, 1.165) is 17.0 Å². The molecular weight excluding hydrogens is 414 g/mol. The Balaban J connectivity index is 1.88. The van der Waals surface area contributed by atoms with Crippen molar-refractivity contribution in [2.24, 2.45) is 10.4 Å². The van der Waals surface area contributed by atoms with Crippen LogP contribution in [0.25, 0.3) is 0 Å². The highest BCUT2D eigenvalue weighted by Crippen LogP contribution is 2.49. The van der Waals surface area contributed by atoms with Gasteiger partial charge in [0.05, 0.1) is 5.75 Å². The number of sulfone groups is 1. The van der Waals surface area contributed by atoms with Crippen LogP contribution in [0.2, 0.25) is 0 Å². The van der Waals surface area contributed by atoms with E-state index in [9.17, 15) is 8.42 Å². The lowest BCUT2D eigenvalue weighted by Crippen LogP contribution is -2.44. The zero-order chi connectivity index (χ0) is 19.4. The van der Waals surface area contributed by atoms with Crippen molar-refractivity contribution in [3.05, 3.63) is 34.3 Å². The largest absolute Gasteiger partial charge is 0.356 e. The number of hydrogen-bond acceptors (Lipinski definition) is 3. The second-order valence-electron chi connectivity index (χ2n) is 8.08. The van der Waals surface area contributed by atoms with Gasteiger partial charge in [-0.1, -0.05) is 48.0 Å². The van der Waals surface area contributed by atoms with E-state index in [1.54, 1.807) is 7.05 Å². The van der Waals surface area contributed by atoms with Crippen LogP contribution < -0.4 is 10.6 Å². The number of rotatable bonds is 8. The molecule has 2 N–H and O–H groups in total. The first-order valence-corrected chi connectivity index (χ1v) is 11.8. The zero-order valence-corrected chi connectivity index (χ0v) is 18.5. The molecule has 1 aliphatic rings. The van der Waals surface area contributed by atoms with Crippen molar-refractivity contribution < 1.29 is 8.42 Å². The molecular formula is C19H30BrN3O2S. The van der Waals surface area contributed by atoms with E-state index in [0.29, 0.717) is 13.0 Å². The molecule has 0 radical (unpaired) electrons. The Bertz CT molecular complexity index is 756. The van der Waals surface area contributed by atoms with Crippen LogP contribution in [0.1, 0.15) is 38.7 Å². The summed E-state index contributed by atoms with van der Waals surface area (Å²) in [5, 5.41) is 6.79. The van der Waals surface area contributed by atoms with Crippen molar-refractivity contribution in [3.63, 3.8) is 0 Å². The van der Waals surface area contributed by atoms with Crippen LogP contribution in [0.5, 0.6) is 0 Å². The monoisotopic (exact) mass is 443 g/mol. The summed E-state index contributed by atoms with van der Waals surface area (Å²) in [6.45, 7) is 5.65. The highest BCUT2D eigenvalue weighted by Gasteiger charge is 2.45. The lowest BCUT2D eigenvalue weighted by Gasteiger charge is -2.26. The van der Waals surface area contributed by atoms with Gasteiger partial charge in [-0.25, -0.2) is 8.42 Å². The van der Waals surface area contributed by atoms with Crippen molar-refractivity contribution in [1.29, 1.82) is 0 Å². The fourth-order valence-electron chi connectivity index (χ4n) is 2.93. The maximum absolute atomic E-state index is 11.4. The molecule has 1 aliphatic carbocycles. The van der Waals surface area contributed by atoms with Gasteiger partial charge in [0.15, 0.2) is 5.96 Å². The van der Waals surface area contributed by atoms with E-state index in [-0.39, 0.29) is 16.6 Å². The van der Waals surface area contributed by atoms with Gasteiger partial charge in [-0.15, -0.1) is 0 Å². The van der Waals surface area contributed by atoms with Gasteiger partial charge in [0.25, 0.3) is 0 Å². The van der Waals surface area contributed by atoms with Gasteiger partial charge in [-0.2, -0.15) is 0 Å². The molecule has 0 saturated heterocycles. The summed E-state index contributed by atoms with van der Waals surface area (Å²) in [5.74, 6) is 0.967. The van der Waals surface area contributed by atoms with Crippen molar-refractivity contribution in [3.8, 4) is 0 Å². The van der Waals surface area contributed by atoms with Gasteiger partial charge < -0.3 is 10.6 Å². The molecule has 7 heteroatoms. The zero-order valence-electron chi connectivity index (χ0n) is 16.1. The molecule has 0 spiro atoms. The van der Waals surface area contributed by atoms with Crippen LogP contribution in [0.15, 0.2) is 33.7 Å². The van der Waals surface area contributed by atoms with E-state index in [1.807, 2.05) is 6.07 Å². The highest BCUT2D eigenvalue weighted by atomic mass is 79.9. The minimum absolute atomic E-state index is 0.125. The Morgan fingerprint density at radius 1 is 1.27 bits per heavy atom. The van der Waals surface area contributed by atoms with Crippen LogP contribution >= 0.6 is 15.9 Å². The van der Waals surface area contributed by atoms with E-state index < -0.39 is 9.84 Å². The maximum atomic E-state index is 11.4. The van der Waals surface area contributed by atoms with Gasteiger partial charge in [0, 0.05) is 36.3 Å². The van der Waals surface area contributed by atoms with E-state index >= 15 is 0 Å². The topological polar surface area (TPSA) is 70.6 Å². The molecule has 1 saturated carbocycles. The van der Waals surface area contributed by atoms with Gasteiger partial charge >= 0.3 is 0 Å². The number of nitrogens with zero attached hydrogens (tertiary/aromatic N) is 1. The van der Waals surface area contributed by atoms with Crippen molar-refractivity contribution >= 4 is 31.7 Å². The average Bonchev–Trinajstić information content (AvgIpc) is 3.34. The lowest BCUT2D eigenvalue weighted by molar-refractivity contribution is 0.348. The Labute approximate surface area is 166 Å². The van der Waals surface area contributed by atoms with Crippen molar-refractivity contribution in [2.45, 2.75) is 38.5 Å². The average molecular weight is 444 g/mol. The molecule has 1 fully saturated rings. The Hall–Kier alpha value is -1.08. The summed E-state index contributed by atoms with van der Waals surface area (Å²) in [6, 6.07) is 8.39. The quantitative estimate of drug-likeness (QED) is 0.478. The molecule has 2 rings (SSSR count). The maximum Gasteiger partial charge on any atom is 0.191 e. The predicted molar refractivity (Wildman–Crippen MR) is 113 cm³/mol. The summed E-state index contributed by atoms with van der Waals surface area (Å²) in [4.78, 5) is 4.31. The number of nitrogens with one attached hydrogen (secondary N) is 2. The second kappa shape index (κ2) is 8.30. The molecule has 1 aromatic carbocycles. The third-order valence-electron chi connectivity index (χ3n) is 5.00. The molecule has 0 heterocycles. The van der Waals surface area contributed by atoms with Crippen molar-refractivity contribution in [1.82, 2.24) is 10.6 Å². The lowest BCUT2D eigenvalue weighted by atomic mass is 9.90. The first-order chi connectivity index (χ1) is 12.1. The number of halogens is 1. The number of hydrogen-bond donors (Lipinski definition) is 2. The third kappa shape index (κ3) is 6.27. The van der Waals surface area contributed by atoms with Gasteiger partial charge in [-0.3, -0.25) is 4.99 Å². The first kappa shape index (κ1) is 21.2.